The van der Waals surface area contributed by atoms with E-state index in [9.17, 15) is 4.79 Å². The number of rotatable bonds is 2. The molecule has 0 radical (unpaired) electrons. The highest BCUT2D eigenvalue weighted by molar-refractivity contribution is 5.78. The maximum Gasteiger partial charge on any atom is 0.253 e. The first kappa shape index (κ1) is 18.3. The topological polar surface area (TPSA) is 79.2 Å². The van der Waals surface area contributed by atoms with Crippen LogP contribution < -0.4 is 5.56 Å². The molecule has 3 aromatic heterocycles. The Hall–Kier alpha value is -3.76. The molecule has 1 aliphatic rings. The molecule has 0 saturated carbocycles. The van der Waals surface area contributed by atoms with Crippen LogP contribution in [0.5, 0.6) is 0 Å². The Labute approximate surface area is 173 Å². The molecule has 1 aliphatic heterocycles. The smallest absolute Gasteiger partial charge is 0.253 e. The fourth-order valence-corrected chi connectivity index (χ4v) is 4.12. The van der Waals surface area contributed by atoms with Gasteiger partial charge in [0.05, 0.1) is 17.8 Å². The Morgan fingerprint density at radius 1 is 1.00 bits per heavy atom. The number of fused-ring (bicyclic) bond motifs is 2. The summed E-state index contributed by atoms with van der Waals surface area (Å²) in [4.78, 5) is 19.5. The van der Waals surface area contributed by atoms with Crippen molar-refractivity contribution in [1.82, 2.24) is 24.1 Å². The zero-order valence-corrected chi connectivity index (χ0v) is 16.8. The zero-order chi connectivity index (χ0) is 20.8. The molecule has 0 N–H and O–H groups in total. The van der Waals surface area contributed by atoms with Crippen molar-refractivity contribution in [3.63, 3.8) is 0 Å². The molecule has 0 unspecified atom stereocenters. The second kappa shape index (κ2) is 6.94. The van der Waals surface area contributed by atoms with Crippen molar-refractivity contribution in [3.05, 3.63) is 76.1 Å². The van der Waals surface area contributed by atoms with Crippen LogP contribution in [0.4, 0.5) is 0 Å². The lowest BCUT2D eigenvalue weighted by molar-refractivity contribution is 0.311. The molecule has 0 fully saturated rings. The summed E-state index contributed by atoms with van der Waals surface area (Å²) in [5, 5.41) is 13.5. The average molecular weight is 396 g/mol. The van der Waals surface area contributed by atoms with E-state index in [2.05, 4.69) is 23.1 Å². The van der Waals surface area contributed by atoms with Gasteiger partial charge in [-0.15, -0.1) is 0 Å². The van der Waals surface area contributed by atoms with Crippen LogP contribution in [0.1, 0.15) is 16.7 Å². The molecule has 30 heavy (non-hydrogen) atoms. The van der Waals surface area contributed by atoms with Crippen LogP contribution in [0, 0.1) is 11.3 Å². The number of likely N-dealkylation sites (N-methyl/N-ethyl adjacent to an activating group) is 1. The van der Waals surface area contributed by atoms with E-state index in [1.807, 2.05) is 30.7 Å². The molecule has 0 atom stereocenters. The van der Waals surface area contributed by atoms with Crippen LogP contribution in [-0.4, -0.2) is 37.7 Å². The van der Waals surface area contributed by atoms with Gasteiger partial charge in [-0.25, -0.2) is 9.50 Å². The van der Waals surface area contributed by atoms with E-state index in [-0.39, 0.29) is 5.56 Å². The summed E-state index contributed by atoms with van der Waals surface area (Å²) in [6, 6.07) is 9.53. The molecule has 7 heteroatoms. The summed E-state index contributed by atoms with van der Waals surface area (Å²) in [6.45, 7) is 1.63. The summed E-state index contributed by atoms with van der Waals surface area (Å²) in [5.74, 6) is 0. The lowest BCUT2D eigenvalue weighted by Crippen LogP contribution is -2.34. The van der Waals surface area contributed by atoms with Gasteiger partial charge in [-0.2, -0.15) is 10.4 Å². The number of aryl methyl sites for hydroxylation is 1. The number of benzene rings is 1. The molecule has 0 spiro atoms. The molecule has 5 rings (SSSR count). The van der Waals surface area contributed by atoms with Crippen LogP contribution in [0.2, 0.25) is 0 Å². The van der Waals surface area contributed by atoms with Crippen molar-refractivity contribution < 1.29 is 0 Å². The van der Waals surface area contributed by atoms with Gasteiger partial charge in [0.15, 0.2) is 5.65 Å². The maximum atomic E-state index is 12.6. The summed E-state index contributed by atoms with van der Waals surface area (Å²) in [5.41, 5.74) is 7.24. The molecule has 4 aromatic rings. The van der Waals surface area contributed by atoms with Crippen molar-refractivity contribution in [2.75, 3.05) is 13.6 Å². The summed E-state index contributed by atoms with van der Waals surface area (Å²) in [7, 11) is 3.87. The van der Waals surface area contributed by atoms with Crippen LogP contribution in [0.25, 0.3) is 27.9 Å². The highest BCUT2D eigenvalue weighted by Gasteiger charge is 2.22. The first-order valence-electron chi connectivity index (χ1n) is 9.79. The van der Waals surface area contributed by atoms with Gasteiger partial charge in [-0.3, -0.25) is 4.79 Å². The number of hydrogen-bond acceptors (Lipinski definition) is 5. The highest BCUT2D eigenvalue weighted by atomic mass is 16.1. The summed E-state index contributed by atoms with van der Waals surface area (Å²) < 4.78 is 3.43. The van der Waals surface area contributed by atoms with Crippen LogP contribution in [-0.2, 0) is 20.0 Å². The normalized spacial score (nSPS) is 13.9. The first-order chi connectivity index (χ1) is 14.5. The monoisotopic (exact) mass is 396 g/mol. The number of pyridine rings is 1. The third kappa shape index (κ3) is 2.90. The standard InChI is InChI=1S/C23H20N6O/c1-27-8-7-18-21(13-27)20(14-28(2)23(18)30)17-10-25-22-19(11-26-29(22)12-17)16-5-3-15(9-24)4-6-16/h3-6,10-12,14H,7-8,13H2,1-2H3. The third-order valence-corrected chi connectivity index (χ3v) is 5.75. The van der Waals surface area contributed by atoms with Gasteiger partial charge in [0.25, 0.3) is 5.56 Å². The van der Waals surface area contributed by atoms with Crippen molar-refractivity contribution in [2.45, 2.75) is 13.0 Å². The molecule has 148 valence electrons. The van der Waals surface area contributed by atoms with Crippen molar-refractivity contribution >= 4 is 5.65 Å². The molecule has 0 amide bonds. The van der Waals surface area contributed by atoms with Gasteiger partial charge in [-0.1, -0.05) is 12.1 Å². The average Bonchev–Trinajstić information content (AvgIpc) is 3.19. The zero-order valence-electron chi connectivity index (χ0n) is 16.8. The molecule has 1 aromatic carbocycles. The molecule has 0 aliphatic carbocycles. The van der Waals surface area contributed by atoms with Gasteiger partial charge in [-0.05, 0) is 36.7 Å². The van der Waals surface area contributed by atoms with E-state index >= 15 is 0 Å². The minimum absolute atomic E-state index is 0.0816. The predicted octanol–water partition coefficient (Wildman–Crippen LogP) is 2.62. The van der Waals surface area contributed by atoms with Crippen LogP contribution in [0.15, 0.2) is 53.8 Å². The minimum atomic E-state index is 0.0816. The predicted molar refractivity (Wildman–Crippen MR) is 114 cm³/mol. The van der Waals surface area contributed by atoms with Crippen molar-refractivity contribution in [3.8, 4) is 28.3 Å². The van der Waals surface area contributed by atoms with E-state index in [1.54, 1.807) is 34.5 Å². The molecule has 0 bridgehead atoms. The first-order valence-corrected chi connectivity index (χ1v) is 9.79. The number of hydrogen-bond donors (Lipinski definition) is 0. The Morgan fingerprint density at radius 2 is 1.80 bits per heavy atom. The number of nitriles is 1. The van der Waals surface area contributed by atoms with Gasteiger partial charge >= 0.3 is 0 Å². The van der Waals surface area contributed by atoms with Gasteiger partial charge in [0, 0.05) is 61.0 Å². The van der Waals surface area contributed by atoms with Crippen LogP contribution in [0.3, 0.4) is 0 Å². The van der Waals surface area contributed by atoms with E-state index < -0.39 is 0 Å². The Morgan fingerprint density at radius 3 is 2.57 bits per heavy atom. The van der Waals surface area contributed by atoms with Gasteiger partial charge < -0.3 is 9.47 Å². The lowest BCUT2D eigenvalue weighted by atomic mass is 9.94. The Kier molecular flexibility index (Phi) is 4.23. The molecule has 0 saturated heterocycles. The molecule has 7 nitrogen and oxygen atoms in total. The summed E-state index contributed by atoms with van der Waals surface area (Å²) >= 11 is 0. The van der Waals surface area contributed by atoms with Gasteiger partial charge in [0.2, 0.25) is 0 Å². The number of nitrogens with zero attached hydrogens (tertiary/aromatic N) is 6. The van der Waals surface area contributed by atoms with E-state index in [1.165, 1.54) is 0 Å². The SMILES string of the molecule is CN1CCc2c(c(-c3cnc4c(-c5ccc(C#N)cc5)cnn4c3)cn(C)c2=O)C1. The fourth-order valence-electron chi connectivity index (χ4n) is 4.12. The molecule has 4 heterocycles. The lowest BCUT2D eigenvalue weighted by Gasteiger charge is -2.27. The molecular weight excluding hydrogens is 376 g/mol. The van der Waals surface area contributed by atoms with Crippen molar-refractivity contribution in [1.29, 1.82) is 5.26 Å². The highest BCUT2D eigenvalue weighted by Crippen LogP contribution is 2.30. The van der Waals surface area contributed by atoms with E-state index in [4.69, 9.17) is 10.2 Å². The van der Waals surface area contributed by atoms with Crippen LogP contribution >= 0.6 is 0 Å². The quantitative estimate of drug-likeness (QED) is 0.520. The van der Waals surface area contributed by atoms with Gasteiger partial charge in [0.1, 0.15) is 0 Å². The second-order valence-electron chi connectivity index (χ2n) is 7.76. The summed E-state index contributed by atoms with van der Waals surface area (Å²) in [6.07, 6.45) is 8.25. The minimum Gasteiger partial charge on any atom is -0.318 e. The molecular formula is C23H20N6O. The second-order valence-corrected chi connectivity index (χ2v) is 7.76. The Balaban J connectivity index is 1.63. The van der Waals surface area contributed by atoms with E-state index in [0.29, 0.717) is 5.56 Å². The maximum absolute atomic E-state index is 12.6. The largest absolute Gasteiger partial charge is 0.318 e. The Bertz CT molecular complexity index is 1370. The number of aromatic nitrogens is 4. The van der Waals surface area contributed by atoms with Crippen molar-refractivity contribution in [2.24, 2.45) is 7.05 Å². The fraction of sp³-hybridized carbons (Fsp3) is 0.217. The van der Waals surface area contributed by atoms with E-state index in [0.717, 1.165) is 58.5 Å². The third-order valence-electron chi connectivity index (χ3n) is 5.75.